The van der Waals surface area contributed by atoms with Crippen molar-refractivity contribution in [1.29, 1.82) is 0 Å². The van der Waals surface area contributed by atoms with E-state index in [1.807, 2.05) is 31.2 Å². The molecular weight excluding hydrogens is 254 g/mol. The predicted octanol–water partition coefficient (Wildman–Crippen LogP) is 2.40. The Morgan fingerprint density at radius 1 is 1.44 bits per heavy atom. The summed E-state index contributed by atoms with van der Waals surface area (Å²) in [5, 5.41) is 3.77. The van der Waals surface area contributed by atoms with E-state index in [4.69, 9.17) is 16.3 Å². The molecule has 2 rings (SSSR count). The molecule has 0 amide bonds. The van der Waals surface area contributed by atoms with Crippen LogP contribution >= 0.6 is 11.6 Å². The van der Waals surface area contributed by atoms with E-state index in [2.05, 4.69) is 10.1 Å². The van der Waals surface area contributed by atoms with Crippen molar-refractivity contribution in [2.45, 2.75) is 19.1 Å². The van der Waals surface area contributed by atoms with Gasteiger partial charge in [-0.3, -0.25) is 0 Å². The van der Waals surface area contributed by atoms with Crippen LogP contribution in [0, 0.1) is 0 Å². The van der Waals surface area contributed by atoms with Crippen molar-refractivity contribution >= 4 is 17.6 Å². The van der Waals surface area contributed by atoms with Crippen LogP contribution in [-0.4, -0.2) is 19.1 Å². The molecule has 1 heterocycles. The van der Waals surface area contributed by atoms with Crippen molar-refractivity contribution in [2.24, 2.45) is 0 Å². The molecule has 0 bridgehead atoms. The molecule has 1 aromatic carbocycles. The number of benzene rings is 1. The number of carbonyl (C=O) groups is 1. The Balaban J connectivity index is 2.14. The number of halogens is 1. The largest absolute Gasteiger partial charge is 0.469 e. The second-order valence-electron chi connectivity index (χ2n) is 4.05. The van der Waals surface area contributed by atoms with Crippen molar-refractivity contribution in [3.63, 3.8) is 0 Å². The third-order valence-corrected chi connectivity index (χ3v) is 2.98. The lowest BCUT2D eigenvalue weighted by Gasteiger charge is -2.13. The normalized spacial score (nSPS) is 24.5. The average Bonchev–Trinajstić information content (AvgIpc) is 2.71. The van der Waals surface area contributed by atoms with E-state index in [1.165, 1.54) is 13.2 Å². The van der Waals surface area contributed by atoms with Crippen molar-refractivity contribution in [3.05, 3.63) is 46.8 Å². The smallest absolute Gasteiger partial charge is 0.335 e. The lowest BCUT2D eigenvalue weighted by atomic mass is 10.0. The van der Waals surface area contributed by atoms with E-state index in [9.17, 15) is 4.79 Å². The first kappa shape index (κ1) is 12.8. The fourth-order valence-corrected chi connectivity index (χ4v) is 1.95. The molecule has 0 saturated carbocycles. The fourth-order valence-electron chi connectivity index (χ4n) is 1.82. The molecule has 1 N–H and O–H groups in total. The first-order valence-corrected chi connectivity index (χ1v) is 5.96. The summed E-state index contributed by atoms with van der Waals surface area (Å²) in [5.74, 6) is -0.0178. The number of rotatable bonds is 2. The summed E-state index contributed by atoms with van der Waals surface area (Å²) in [7, 11) is 1.33. The van der Waals surface area contributed by atoms with Crippen LogP contribution < -0.4 is 5.32 Å². The number of ether oxygens (including phenoxy) is 2. The minimum atomic E-state index is -0.443. The van der Waals surface area contributed by atoms with Crippen molar-refractivity contribution in [1.82, 2.24) is 5.32 Å². The monoisotopic (exact) mass is 267 g/mol. The van der Waals surface area contributed by atoms with Gasteiger partial charge in [0.1, 0.15) is 6.10 Å². The highest BCUT2D eigenvalue weighted by Crippen LogP contribution is 2.30. The summed E-state index contributed by atoms with van der Waals surface area (Å²) in [6.07, 6.45) is 1.16. The van der Waals surface area contributed by atoms with Crippen LogP contribution in [0.3, 0.4) is 0 Å². The van der Waals surface area contributed by atoms with Crippen molar-refractivity contribution in [3.8, 4) is 0 Å². The first-order chi connectivity index (χ1) is 8.60. The highest BCUT2D eigenvalue weighted by atomic mass is 35.5. The Labute approximate surface area is 111 Å². The zero-order chi connectivity index (χ0) is 13.1. The minimum Gasteiger partial charge on any atom is -0.469 e. The number of hydrogen-bond donors (Lipinski definition) is 1. The molecule has 0 unspecified atom stereocenters. The van der Waals surface area contributed by atoms with Crippen LogP contribution in [0.25, 0.3) is 0 Å². The fraction of sp³-hybridized carbons (Fsp3) is 0.308. The highest BCUT2D eigenvalue weighted by Gasteiger charge is 2.29. The molecule has 4 nitrogen and oxygen atoms in total. The van der Waals surface area contributed by atoms with Gasteiger partial charge in [-0.2, -0.15) is 0 Å². The zero-order valence-electron chi connectivity index (χ0n) is 10.1. The van der Waals surface area contributed by atoms with Gasteiger partial charge in [-0.1, -0.05) is 23.7 Å². The van der Waals surface area contributed by atoms with E-state index >= 15 is 0 Å². The Morgan fingerprint density at radius 3 is 2.72 bits per heavy atom. The standard InChI is InChI=1S/C13H14ClNO3/c1-8-13(9-3-5-10(14)6-4-9)18-11(15-8)7-12(16)17-2/h3-8,13,15H,1-2H3/b11-7-/t8-,13+/m1/s1. The molecule has 1 saturated heterocycles. The molecule has 1 aliphatic heterocycles. The van der Waals surface area contributed by atoms with Gasteiger partial charge in [0, 0.05) is 5.02 Å². The van der Waals surface area contributed by atoms with E-state index < -0.39 is 5.97 Å². The van der Waals surface area contributed by atoms with Gasteiger partial charge >= 0.3 is 5.97 Å². The lowest BCUT2D eigenvalue weighted by Crippen LogP contribution is -2.21. The molecule has 0 radical (unpaired) electrons. The van der Waals surface area contributed by atoms with Gasteiger partial charge in [0.2, 0.25) is 0 Å². The highest BCUT2D eigenvalue weighted by molar-refractivity contribution is 6.30. The molecule has 18 heavy (non-hydrogen) atoms. The third kappa shape index (κ3) is 2.76. The van der Waals surface area contributed by atoms with Crippen LogP contribution in [0.15, 0.2) is 36.2 Å². The van der Waals surface area contributed by atoms with Gasteiger partial charge in [0.05, 0.1) is 19.2 Å². The van der Waals surface area contributed by atoms with Gasteiger partial charge in [-0.05, 0) is 24.6 Å². The minimum absolute atomic E-state index is 0.0714. The molecule has 1 aliphatic rings. The molecule has 2 atom stereocenters. The lowest BCUT2D eigenvalue weighted by molar-refractivity contribution is -0.135. The Morgan fingerprint density at radius 2 is 2.11 bits per heavy atom. The first-order valence-electron chi connectivity index (χ1n) is 5.58. The maximum atomic E-state index is 11.1. The molecule has 1 fully saturated rings. The number of hydrogen-bond acceptors (Lipinski definition) is 4. The quantitative estimate of drug-likeness (QED) is 0.660. The van der Waals surface area contributed by atoms with Gasteiger partial charge < -0.3 is 14.8 Å². The second kappa shape index (κ2) is 5.31. The maximum Gasteiger partial charge on any atom is 0.335 e. The van der Waals surface area contributed by atoms with Crippen LogP contribution in [0.2, 0.25) is 5.02 Å². The van der Waals surface area contributed by atoms with Crippen molar-refractivity contribution < 1.29 is 14.3 Å². The van der Waals surface area contributed by atoms with Crippen molar-refractivity contribution in [2.75, 3.05) is 7.11 Å². The summed E-state index contributed by atoms with van der Waals surface area (Å²) in [4.78, 5) is 11.1. The summed E-state index contributed by atoms with van der Waals surface area (Å²) < 4.78 is 10.2. The van der Waals surface area contributed by atoms with Gasteiger partial charge in [0.25, 0.3) is 0 Å². The van der Waals surface area contributed by atoms with E-state index in [-0.39, 0.29) is 12.1 Å². The second-order valence-corrected chi connectivity index (χ2v) is 4.49. The molecule has 0 spiro atoms. The Hall–Kier alpha value is -1.68. The van der Waals surface area contributed by atoms with Crippen LogP contribution in [0.5, 0.6) is 0 Å². The SMILES string of the molecule is COC(=O)/C=C1/N[C@H](C)[C@@H](c2ccc(Cl)cc2)O1. The number of esters is 1. The zero-order valence-corrected chi connectivity index (χ0v) is 10.9. The number of methoxy groups -OCH3 is 1. The van der Waals surface area contributed by atoms with E-state index in [1.54, 1.807) is 0 Å². The third-order valence-electron chi connectivity index (χ3n) is 2.73. The molecule has 0 aliphatic carbocycles. The van der Waals surface area contributed by atoms with Gasteiger partial charge in [-0.25, -0.2) is 4.79 Å². The van der Waals surface area contributed by atoms with Gasteiger partial charge in [-0.15, -0.1) is 0 Å². The van der Waals surface area contributed by atoms with Crippen LogP contribution in [0.4, 0.5) is 0 Å². The number of carbonyl (C=O) groups excluding carboxylic acids is 1. The van der Waals surface area contributed by atoms with E-state index in [0.717, 1.165) is 5.56 Å². The topological polar surface area (TPSA) is 47.6 Å². The van der Waals surface area contributed by atoms with Crippen LogP contribution in [-0.2, 0) is 14.3 Å². The summed E-state index contributed by atoms with van der Waals surface area (Å²) in [6.45, 7) is 1.98. The maximum absolute atomic E-state index is 11.1. The average molecular weight is 268 g/mol. The van der Waals surface area contributed by atoms with E-state index in [0.29, 0.717) is 10.9 Å². The summed E-state index contributed by atoms with van der Waals surface area (Å²) in [5.41, 5.74) is 1.01. The predicted molar refractivity (Wildman–Crippen MR) is 68.0 cm³/mol. The number of nitrogens with one attached hydrogen (secondary N) is 1. The molecule has 96 valence electrons. The molecule has 1 aromatic rings. The van der Waals surface area contributed by atoms with Crippen LogP contribution in [0.1, 0.15) is 18.6 Å². The van der Waals surface area contributed by atoms with Gasteiger partial charge in [0.15, 0.2) is 5.88 Å². The molecule has 0 aromatic heterocycles. The summed E-state index contributed by atoms with van der Waals surface area (Å²) in [6, 6.07) is 7.52. The summed E-state index contributed by atoms with van der Waals surface area (Å²) >= 11 is 5.84. The molecule has 5 heteroatoms. The Bertz CT molecular complexity index is 470. The Kier molecular flexibility index (Phi) is 3.77. The molecular formula is C13H14ClNO3.